The van der Waals surface area contributed by atoms with Crippen molar-refractivity contribution in [3.63, 3.8) is 0 Å². The molecule has 0 aliphatic carbocycles. The zero-order valence-corrected chi connectivity index (χ0v) is 11.8. The number of hydrogen-bond donors (Lipinski definition) is 2. The van der Waals surface area contributed by atoms with E-state index in [4.69, 9.17) is 0 Å². The lowest BCUT2D eigenvalue weighted by molar-refractivity contribution is 0.475. The molecule has 2 aromatic carbocycles. The monoisotopic (exact) mass is 295 g/mol. The summed E-state index contributed by atoms with van der Waals surface area (Å²) in [5.41, 5.74) is 1.22. The van der Waals surface area contributed by atoms with Crippen LogP contribution in [0, 0.1) is 19.7 Å². The number of benzene rings is 2. The van der Waals surface area contributed by atoms with Gasteiger partial charge in [-0.15, -0.1) is 0 Å². The molecule has 0 heterocycles. The van der Waals surface area contributed by atoms with Crippen LogP contribution in [0.25, 0.3) is 0 Å². The number of nitrogens with one attached hydrogen (secondary N) is 1. The van der Waals surface area contributed by atoms with Crippen LogP contribution in [0.4, 0.5) is 10.1 Å². The molecule has 106 valence electrons. The fourth-order valence-corrected chi connectivity index (χ4v) is 2.97. The Morgan fingerprint density at radius 2 is 1.75 bits per heavy atom. The summed E-state index contributed by atoms with van der Waals surface area (Å²) in [5, 5.41) is 9.30. The van der Waals surface area contributed by atoms with Crippen LogP contribution in [0.3, 0.4) is 0 Å². The highest BCUT2D eigenvalue weighted by atomic mass is 32.2. The molecule has 20 heavy (non-hydrogen) atoms. The molecule has 0 unspecified atom stereocenters. The second-order valence-electron chi connectivity index (χ2n) is 4.52. The van der Waals surface area contributed by atoms with Crippen LogP contribution in [0.15, 0.2) is 41.3 Å². The standard InChI is InChI=1S/C14H14FNO3S/c1-9-8-12(4-5-13(9)15)20(18,19)16-14-6-3-11(17)7-10(14)2/h3-8,16-17H,1-2H3. The molecule has 2 aromatic rings. The van der Waals surface area contributed by atoms with Crippen molar-refractivity contribution in [1.82, 2.24) is 0 Å². The third-order valence-electron chi connectivity index (χ3n) is 2.89. The number of rotatable bonds is 3. The van der Waals surface area contributed by atoms with E-state index in [1.54, 1.807) is 6.92 Å². The van der Waals surface area contributed by atoms with Gasteiger partial charge in [-0.1, -0.05) is 0 Å². The first-order chi connectivity index (χ1) is 9.29. The maximum Gasteiger partial charge on any atom is 0.261 e. The van der Waals surface area contributed by atoms with E-state index in [0.29, 0.717) is 11.3 Å². The Bertz CT molecular complexity index is 757. The zero-order chi connectivity index (χ0) is 14.9. The van der Waals surface area contributed by atoms with Crippen molar-refractivity contribution in [2.75, 3.05) is 4.72 Å². The third-order valence-corrected chi connectivity index (χ3v) is 4.26. The first kappa shape index (κ1) is 14.3. The normalized spacial score (nSPS) is 11.3. The van der Waals surface area contributed by atoms with E-state index < -0.39 is 15.8 Å². The van der Waals surface area contributed by atoms with Crippen LogP contribution in [0.2, 0.25) is 0 Å². The third kappa shape index (κ3) is 2.91. The molecule has 4 nitrogen and oxygen atoms in total. The summed E-state index contributed by atoms with van der Waals surface area (Å²) < 4.78 is 40.0. The molecule has 2 rings (SSSR count). The van der Waals surface area contributed by atoms with Gasteiger partial charge in [0.2, 0.25) is 0 Å². The van der Waals surface area contributed by atoms with Crippen molar-refractivity contribution in [1.29, 1.82) is 0 Å². The summed E-state index contributed by atoms with van der Waals surface area (Å²) >= 11 is 0. The fraction of sp³-hybridized carbons (Fsp3) is 0.143. The average Bonchev–Trinajstić information content (AvgIpc) is 2.36. The largest absolute Gasteiger partial charge is 0.508 e. The second kappa shape index (κ2) is 5.13. The Hall–Kier alpha value is -2.08. The predicted molar refractivity (Wildman–Crippen MR) is 74.8 cm³/mol. The molecule has 6 heteroatoms. The smallest absolute Gasteiger partial charge is 0.261 e. The minimum absolute atomic E-state index is 0.0103. The molecule has 0 amide bonds. The lowest BCUT2D eigenvalue weighted by atomic mass is 10.2. The minimum atomic E-state index is -3.79. The van der Waals surface area contributed by atoms with E-state index >= 15 is 0 Å². The molecule has 0 fully saturated rings. The highest BCUT2D eigenvalue weighted by Crippen LogP contribution is 2.24. The summed E-state index contributed by atoms with van der Waals surface area (Å²) in [4.78, 5) is -0.0103. The number of phenolic OH excluding ortho intramolecular Hbond substituents is 1. The molecule has 0 bridgehead atoms. The van der Waals surface area contributed by atoms with Gasteiger partial charge in [0.1, 0.15) is 11.6 Å². The number of anilines is 1. The van der Waals surface area contributed by atoms with Gasteiger partial charge in [0.05, 0.1) is 10.6 Å². The number of halogens is 1. The van der Waals surface area contributed by atoms with Crippen LogP contribution < -0.4 is 4.72 Å². The molecular weight excluding hydrogens is 281 g/mol. The van der Waals surface area contributed by atoms with Crippen LogP contribution in [-0.2, 0) is 10.0 Å². The Morgan fingerprint density at radius 3 is 2.35 bits per heavy atom. The summed E-state index contributed by atoms with van der Waals surface area (Å²) in [6, 6.07) is 7.91. The van der Waals surface area contributed by atoms with Gasteiger partial charge in [-0.05, 0) is 61.4 Å². The van der Waals surface area contributed by atoms with Crippen LogP contribution in [-0.4, -0.2) is 13.5 Å². The SMILES string of the molecule is Cc1cc(S(=O)(=O)Nc2ccc(O)cc2C)ccc1F. The number of aryl methyl sites for hydroxylation is 2. The van der Waals surface area contributed by atoms with E-state index in [2.05, 4.69) is 4.72 Å². The second-order valence-corrected chi connectivity index (χ2v) is 6.20. The van der Waals surface area contributed by atoms with Crippen molar-refractivity contribution in [3.8, 4) is 5.75 Å². The molecule has 0 saturated carbocycles. The Labute approximate surface area is 116 Å². The quantitative estimate of drug-likeness (QED) is 0.856. The Balaban J connectivity index is 2.38. The van der Waals surface area contributed by atoms with E-state index in [1.165, 1.54) is 37.3 Å². The molecule has 0 aromatic heterocycles. The van der Waals surface area contributed by atoms with Gasteiger partial charge in [0, 0.05) is 0 Å². The number of phenols is 1. The molecule has 0 saturated heterocycles. The Kier molecular flexibility index (Phi) is 3.67. The minimum Gasteiger partial charge on any atom is -0.508 e. The van der Waals surface area contributed by atoms with E-state index in [0.717, 1.165) is 6.07 Å². The van der Waals surface area contributed by atoms with Crippen LogP contribution >= 0.6 is 0 Å². The maximum atomic E-state index is 13.2. The van der Waals surface area contributed by atoms with Crippen molar-refractivity contribution < 1.29 is 17.9 Å². The van der Waals surface area contributed by atoms with Crippen LogP contribution in [0.1, 0.15) is 11.1 Å². The predicted octanol–water partition coefficient (Wildman–Crippen LogP) is 2.95. The van der Waals surface area contributed by atoms with Gasteiger partial charge in [0.15, 0.2) is 0 Å². The summed E-state index contributed by atoms with van der Waals surface area (Å²) in [6.07, 6.45) is 0. The molecule has 0 radical (unpaired) electrons. The number of aromatic hydroxyl groups is 1. The highest BCUT2D eigenvalue weighted by molar-refractivity contribution is 7.92. The van der Waals surface area contributed by atoms with Crippen LogP contribution in [0.5, 0.6) is 5.75 Å². The van der Waals surface area contributed by atoms with Crippen molar-refractivity contribution >= 4 is 15.7 Å². The fourth-order valence-electron chi connectivity index (χ4n) is 1.75. The molecule has 0 aliphatic rings. The van der Waals surface area contributed by atoms with Gasteiger partial charge in [-0.2, -0.15) is 0 Å². The topological polar surface area (TPSA) is 66.4 Å². The maximum absolute atomic E-state index is 13.2. The van der Waals surface area contributed by atoms with Crippen molar-refractivity contribution in [3.05, 3.63) is 53.3 Å². The summed E-state index contributed by atoms with van der Waals surface area (Å²) in [5.74, 6) is -0.396. The average molecular weight is 295 g/mol. The number of hydrogen-bond acceptors (Lipinski definition) is 3. The van der Waals surface area contributed by atoms with E-state index in [-0.39, 0.29) is 16.2 Å². The molecule has 2 N–H and O–H groups in total. The van der Waals surface area contributed by atoms with E-state index in [9.17, 15) is 17.9 Å². The molecule has 0 atom stereocenters. The van der Waals surface area contributed by atoms with Gasteiger partial charge in [-0.25, -0.2) is 12.8 Å². The molecular formula is C14H14FNO3S. The van der Waals surface area contributed by atoms with Crippen molar-refractivity contribution in [2.45, 2.75) is 18.7 Å². The number of sulfonamides is 1. The zero-order valence-electron chi connectivity index (χ0n) is 11.0. The van der Waals surface area contributed by atoms with Gasteiger partial charge < -0.3 is 5.11 Å². The van der Waals surface area contributed by atoms with E-state index in [1.807, 2.05) is 0 Å². The first-order valence-electron chi connectivity index (χ1n) is 5.88. The van der Waals surface area contributed by atoms with Gasteiger partial charge in [-0.3, -0.25) is 4.72 Å². The summed E-state index contributed by atoms with van der Waals surface area (Å²) in [6.45, 7) is 3.17. The lowest BCUT2D eigenvalue weighted by Gasteiger charge is -2.11. The van der Waals surface area contributed by atoms with Gasteiger partial charge >= 0.3 is 0 Å². The summed E-state index contributed by atoms with van der Waals surface area (Å²) in [7, 11) is -3.79. The van der Waals surface area contributed by atoms with Gasteiger partial charge in [0.25, 0.3) is 10.0 Å². The van der Waals surface area contributed by atoms with Crippen molar-refractivity contribution in [2.24, 2.45) is 0 Å². The highest BCUT2D eigenvalue weighted by Gasteiger charge is 2.16. The first-order valence-corrected chi connectivity index (χ1v) is 7.36. The Morgan fingerprint density at radius 1 is 1.05 bits per heavy atom. The lowest BCUT2D eigenvalue weighted by Crippen LogP contribution is -2.14. The molecule has 0 spiro atoms. The molecule has 0 aliphatic heterocycles.